The lowest BCUT2D eigenvalue weighted by Gasteiger charge is -2.09. The van der Waals surface area contributed by atoms with Crippen molar-refractivity contribution in [3.8, 4) is 0 Å². The molecule has 0 aliphatic rings. The van der Waals surface area contributed by atoms with E-state index in [4.69, 9.17) is 5.73 Å². The van der Waals surface area contributed by atoms with E-state index < -0.39 is 0 Å². The molecule has 2 aromatic rings. The Morgan fingerprint density at radius 1 is 1.50 bits per heavy atom. The molecule has 2 rings (SSSR count). The molecule has 1 aromatic carbocycles. The largest absolute Gasteiger partial charge is 0.344 e. The Morgan fingerprint density at radius 3 is 2.85 bits per heavy atom. The third kappa shape index (κ3) is 3.10. The number of nitrogens with zero attached hydrogens (tertiary/aromatic N) is 2. The fraction of sp³-hybridized carbons (Fsp3) is 0.385. The Bertz CT molecular complexity index is 650. The van der Waals surface area contributed by atoms with Crippen LogP contribution >= 0.6 is 11.8 Å². The highest BCUT2D eigenvalue weighted by atomic mass is 32.2. The number of hydrogen-bond acceptors (Lipinski definition) is 4. The maximum absolute atomic E-state index is 14.0. The normalized spacial score (nSPS) is 11.2. The molecule has 108 valence electrons. The molecular weight excluding hydrogens is 279 g/mol. The fourth-order valence-electron chi connectivity index (χ4n) is 1.87. The Morgan fingerprint density at radius 2 is 2.25 bits per heavy atom. The first-order chi connectivity index (χ1) is 9.52. The molecule has 3 N–H and O–H groups in total. The van der Waals surface area contributed by atoms with Crippen molar-refractivity contribution in [2.75, 3.05) is 6.54 Å². The molecule has 0 aliphatic carbocycles. The number of aromatic amines is 1. The molecule has 0 radical (unpaired) electrons. The van der Waals surface area contributed by atoms with Crippen LogP contribution in [0.5, 0.6) is 0 Å². The van der Waals surface area contributed by atoms with Crippen molar-refractivity contribution in [2.45, 2.75) is 36.4 Å². The summed E-state index contributed by atoms with van der Waals surface area (Å²) >= 11 is 1.13. The Kier molecular flexibility index (Phi) is 4.61. The summed E-state index contributed by atoms with van der Waals surface area (Å²) in [5.41, 5.74) is 6.02. The number of nitrogens with two attached hydrogens (primary N) is 1. The number of hydrogen-bond donors (Lipinski definition) is 2. The summed E-state index contributed by atoms with van der Waals surface area (Å²) in [4.78, 5) is 12.1. The van der Waals surface area contributed by atoms with E-state index >= 15 is 0 Å². The number of aromatic nitrogens is 3. The van der Waals surface area contributed by atoms with Crippen LogP contribution in [0, 0.1) is 5.82 Å². The average molecular weight is 296 g/mol. The molecule has 20 heavy (non-hydrogen) atoms. The van der Waals surface area contributed by atoms with E-state index in [0.29, 0.717) is 23.0 Å². The van der Waals surface area contributed by atoms with E-state index in [1.54, 1.807) is 6.07 Å². The highest BCUT2D eigenvalue weighted by Crippen LogP contribution is 2.29. The van der Waals surface area contributed by atoms with Crippen LogP contribution in [0.2, 0.25) is 0 Å². The summed E-state index contributed by atoms with van der Waals surface area (Å²) in [5.74, 6) is -0.327. The van der Waals surface area contributed by atoms with Gasteiger partial charge in [-0.15, -0.1) is 5.10 Å². The second-order valence-corrected chi connectivity index (χ2v) is 5.69. The maximum atomic E-state index is 14.0. The first kappa shape index (κ1) is 14.8. The minimum absolute atomic E-state index is 0.0386. The minimum Gasteiger partial charge on any atom is -0.330 e. The smallest absolute Gasteiger partial charge is 0.330 e. The van der Waals surface area contributed by atoms with Gasteiger partial charge in [0.15, 0.2) is 5.16 Å². The Labute approximate surface area is 120 Å². The van der Waals surface area contributed by atoms with Crippen LogP contribution in [-0.2, 0) is 6.42 Å². The Hall–Kier alpha value is -1.60. The number of H-pyrrole nitrogens is 1. The van der Waals surface area contributed by atoms with Gasteiger partial charge in [0.25, 0.3) is 0 Å². The van der Waals surface area contributed by atoms with Gasteiger partial charge in [-0.3, -0.25) is 4.57 Å². The SMILES string of the molecule is CC(C)n1c(Sc2ccc(CCN)cc2F)n[nH]c1=O. The molecule has 1 aromatic heterocycles. The van der Waals surface area contributed by atoms with Crippen LogP contribution in [0.1, 0.15) is 25.5 Å². The number of halogens is 1. The second kappa shape index (κ2) is 6.23. The Balaban J connectivity index is 2.29. The molecule has 1 heterocycles. The summed E-state index contributed by atoms with van der Waals surface area (Å²) in [6.45, 7) is 4.24. The lowest BCUT2D eigenvalue weighted by molar-refractivity contribution is 0.533. The molecule has 0 spiro atoms. The van der Waals surface area contributed by atoms with Crippen molar-refractivity contribution < 1.29 is 4.39 Å². The van der Waals surface area contributed by atoms with Crippen molar-refractivity contribution in [2.24, 2.45) is 5.73 Å². The van der Waals surface area contributed by atoms with E-state index in [1.807, 2.05) is 19.9 Å². The molecule has 5 nitrogen and oxygen atoms in total. The number of rotatable bonds is 5. The lowest BCUT2D eigenvalue weighted by Crippen LogP contribution is -2.19. The van der Waals surface area contributed by atoms with Gasteiger partial charge in [-0.25, -0.2) is 14.3 Å². The van der Waals surface area contributed by atoms with Crippen LogP contribution in [0.4, 0.5) is 4.39 Å². The van der Waals surface area contributed by atoms with Gasteiger partial charge in [-0.05, 0) is 56.3 Å². The lowest BCUT2D eigenvalue weighted by atomic mass is 10.1. The summed E-state index contributed by atoms with van der Waals surface area (Å²) in [6, 6.07) is 4.96. The quantitative estimate of drug-likeness (QED) is 0.884. The standard InChI is InChI=1S/C13H17FN4OS/c1-8(2)18-12(19)16-17-13(18)20-11-4-3-9(5-6-15)7-10(11)14/h3-4,7-8H,5-6,15H2,1-2H3,(H,16,19). The van der Waals surface area contributed by atoms with E-state index in [-0.39, 0.29) is 17.5 Å². The highest BCUT2D eigenvalue weighted by molar-refractivity contribution is 7.99. The zero-order chi connectivity index (χ0) is 14.7. The van der Waals surface area contributed by atoms with E-state index in [2.05, 4.69) is 10.2 Å². The van der Waals surface area contributed by atoms with E-state index in [0.717, 1.165) is 17.3 Å². The van der Waals surface area contributed by atoms with Crippen molar-refractivity contribution in [1.29, 1.82) is 0 Å². The molecule has 0 saturated carbocycles. The van der Waals surface area contributed by atoms with E-state index in [9.17, 15) is 9.18 Å². The molecule has 0 unspecified atom stereocenters. The zero-order valence-corrected chi connectivity index (χ0v) is 12.2. The van der Waals surface area contributed by atoms with Gasteiger partial charge >= 0.3 is 5.69 Å². The molecule has 7 heteroatoms. The summed E-state index contributed by atoms with van der Waals surface area (Å²) in [7, 11) is 0. The molecular formula is C13H17FN4OS. The van der Waals surface area contributed by atoms with Gasteiger partial charge in [-0.2, -0.15) is 0 Å². The van der Waals surface area contributed by atoms with Gasteiger partial charge in [0.2, 0.25) is 0 Å². The van der Waals surface area contributed by atoms with Gasteiger partial charge in [-0.1, -0.05) is 6.07 Å². The van der Waals surface area contributed by atoms with Crippen LogP contribution in [0.3, 0.4) is 0 Å². The second-order valence-electron chi connectivity index (χ2n) is 4.68. The summed E-state index contributed by atoms with van der Waals surface area (Å²) in [6.07, 6.45) is 0.640. The molecule has 0 saturated heterocycles. The van der Waals surface area contributed by atoms with Crippen molar-refractivity contribution >= 4 is 11.8 Å². The van der Waals surface area contributed by atoms with Crippen LogP contribution < -0.4 is 11.4 Å². The van der Waals surface area contributed by atoms with E-state index in [1.165, 1.54) is 10.6 Å². The van der Waals surface area contributed by atoms with Gasteiger partial charge < -0.3 is 5.73 Å². The predicted molar refractivity (Wildman–Crippen MR) is 76.5 cm³/mol. The van der Waals surface area contributed by atoms with Crippen LogP contribution in [0.15, 0.2) is 33.0 Å². The zero-order valence-electron chi connectivity index (χ0n) is 11.4. The van der Waals surface area contributed by atoms with Crippen molar-refractivity contribution in [3.05, 3.63) is 40.1 Å². The molecule has 0 atom stereocenters. The average Bonchev–Trinajstić information content (AvgIpc) is 2.74. The fourth-order valence-corrected chi connectivity index (χ4v) is 2.84. The molecule has 0 amide bonds. The maximum Gasteiger partial charge on any atom is 0.344 e. The molecule has 0 bridgehead atoms. The highest BCUT2D eigenvalue weighted by Gasteiger charge is 2.14. The first-order valence-electron chi connectivity index (χ1n) is 6.36. The molecule has 0 fully saturated rings. The van der Waals surface area contributed by atoms with Gasteiger partial charge in [0.1, 0.15) is 5.82 Å². The third-order valence-electron chi connectivity index (χ3n) is 2.82. The topological polar surface area (TPSA) is 76.7 Å². The van der Waals surface area contributed by atoms with Gasteiger partial charge in [0.05, 0.1) is 4.90 Å². The third-order valence-corrected chi connectivity index (χ3v) is 3.84. The first-order valence-corrected chi connectivity index (χ1v) is 7.18. The monoisotopic (exact) mass is 296 g/mol. The molecule has 0 aliphatic heterocycles. The predicted octanol–water partition coefficient (Wildman–Crippen LogP) is 1.94. The van der Waals surface area contributed by atoms with Crippen molar-refractivity contribution in [1.82, 2.24) is 14.8 Å². The summed E-state index contributed by atoms with van der Waals surface area (Å²) in [5, 5.41) is 6.78. The summed E-state index contributed by atoms with van der Waals surface area (Å²) < 4.78 is 15.5. The number of benzene rings is 1. The van der Waals surface area contributed by atoms with Crippen molar-refractivity contribution in [3.63, 3.8) is 0 Å². The van der Waals surface area contributed by atoms with Gasteiger partial charge in [0, 0.05) is 6.04 Å². The minimum atomic E-state index is -0.327. The van der Waals surface area contributed by atoms with Crippen LogP contribution in [0.25, 0.3) is 0 Å². The number of nitrogens with one attached hydrogen (secondary N) is 1. The van der Waals surface area contributed by atoms with Crippen LogP contribution in [-0.4, -0.2) is 21.3 Å².